The van der Waals surface area contributed by atoms with E-state index in [-0.39, 0.29) is 11.7 Å². The fourth-order valence-electron chi connectivity index (χ4n) is 4.04. The highest BCUT2D eigenvalue weighted by Crippen LogP contribution is 2.25. The van der Waals surface area contributed by atoms with Crippen LogP contribution < -0.4 is 0 Å². The van der Waals surface area contributed by atoms with Gasteiger partial charge in [0.25, 0.3) is 0 Å². The van der Waals surface area contributed by atoms with Crippen LogP contribution in [0, 0.1) is 0 Å². The van der Waals surface area contributed by atoms with Crippen molar-refractivity contribution in [1.29, 1.82) is 0 Å². The van der Waals surface area contributed by atoms with Gasteiger partial charge >= 0.3 is 11.9 Å². The van der Waals surface area contributed by atoms with Gasteiger partial charge in [-0.1, -0.05) is 72.8 Å². The van der Waals surface area contributed by atoms with Crippen LogP contribution in [0.4, 0.5) is 0 Å². The average molecular weight is 535 g/mol. The second kappa shape index (κ2) is 11.9. The lowest BCUT2D eigenvalue weighted by atomic mass is 10.2. The molecule has 0 aliphatic carbocycles. The van der Waals surface area contributed by atoms with E-state index in [0.717, 1.165) is 27.8 Å². The maximum Gasteiger partial charge on any atom is 0.354 e. The highest BCUT2D eigenvalue weighted by atomic mass is 16.5. The van der Waals surface area contributed by atoms with Crippen LogP contribution in [0.15, 0.2) is 94.2 Å². The van der Waals surface area contributed by atoms with Gasteiger partial charge in [0.2, 0.25) is 0 Å². The summed E-state index contributed by atoms with van der Waals surface area (Å²) >= 11 is 0. The topological polar surface area (TPSA) is 121 Å². The number of furan rings is 2. The first-order valence-corrected chi connectivity index (χ1v) is 12.6. The molecule has 0 radical (unpaired) electrons. The van der Waals surface area contributed by atoms with E-state index in [1.807, 2.05) is 85.0 Å². The van der Waals surface area contributed by atoms with Gasteiger partial charge in [0.1, 0.15) is 23.9 Å². The molecule has 4 aromatic heterocycles. The van der Waals surface area contributed by atoms with E-state index in [9.17, 15) is 9.59 Å². The van der Waals surface area contributed by atoms with Crippen LogP contribution in [0.3, 0.4) is 0 Å². The third kappa shape index (κ3) is 5.97. The molecular formula is C32H26N2O6. The molecule has 0 unspecified atom stereocenters. The van der Waals surface area contributed by atoms with Crippen LogP contribution in [0.2, 0.25) is 0 Å². The molecule has 0 fully saturated rings. The second-order valence-electron chi connectivity index (χ2n) is 8.74. The Hall–Kier alpha value is -5.50. The van der Waals surface area contributed by atoms with Gasteiger partial charge in [0.05, 0.1) is 17.6 Å². The molecule has 0 aliphatic heterocycles. The van der Waals surface area contributed by atoms with Crippen molar-refractivity contribution in [2.75, 3.05) is 6.61 Å². The van der Waals surface area contributed by atoms with Crippen molar-refractivity contribution in [2.45, 2.75) is 6.92 Å². The van der Waals surface area contributed by atoms with Gasteiger partial charge in [-0.3, -0.25) is 0 Å². The number of benzene rings is 2. The Morgan fingerprint density at radius 3 is 1.70 bits per heavy atom. The molecule has 8 nitrogen and oxygen atoms in total. The van der Waals surface area contributed by atoms with E-state index in [4.69, 9.17) is 18.7 Å². The van der Waals surface area contributed by atoms with Crippen molar-refractivity contribution >= 4 is 58.4 Å². The summed E-state index contributed by atoms with van der Waals surface area (Å²) in [7, 11) is 0. The average Bonchev–Trinajstić information content (AvgIpc) is 3.74. The predicted octanol–water partition coefficient (Wildman–Crippen LogP) is 7.74. The van der Waals surface area contributed by atoms with Crippen LogP contribution in [0.1, 0.15) is 50.2 Å². The third-order valence-electron chi connectivity index (χ3n) is 6.00. The van der Waals surface area contributed by atoms with Gasteiger partial charge in [-0.05, 0) is 30.2 Å². The molecule has 8 heteroatoms. The van der Waals surface area contributed by atoms with E-state index < -0.39 is 5.97 Å². The third-order valence-corrected chi connectivity index (χ3v) is 6.00. The Labute approximate surface area is 229 Å². The molecule has 2 aromatic carbocycles. The Balaban J connectivity index is 0.000000162. The maximum atomic E-state index is 11.7. The van der Waals surface area contributed by atoms with Crippen molar-refractivity contribution < 1.29 is 28.3 Å². The minimum absolute atomic E-state index is 0.128. The van der Waals surface area contributed by atoms with Crippen LogP contribution in [0.5, 0.6) is 0 Å². The molecule has 0 spiro atoms. The summed E-state index contributed by atoms with van der Waals surface area (Å²) in [6.07, 6.45) is 11.1. The number of esters is 1. The molecular weight excluding hydrogens is 508 g/mol. The highest BCUT2D eigenvalue weighted by molar-refractivity contribution is 5.97. The lowest BCUT2D eigenvalue weighted by Gasteiger charge is -1.97. The van der Waals surface area contributed by atoms with Crippen molar-refractivity contribution in [1.82, 2.24) is 9.97 Å². The molecule has 0 saturated heterocycles. The standard InChI is InChI=1S/C17H15NO3.C15H11NO3/c1-2-20-17(19)14-10-15-16(18-14)13(11-21-15)9-8-12-6-4-3-5-7-12;17-15(18)12-8-13-14(16-12)11(9-19-13)7-6-10-4-2-1-3-5-10/h3-11,18H,2H2,1H3;1-9,16H,(H,17,18)/b9-8+;7-6+. The lowest BCUT2D eigenvalue weighted by Crippen LogP contribution is -2.04. The molecule has 40 heavy (non-hydrogen) atoms. The number of nitrogens with one attached hydrogen (secondary N) is 2. The fraction of sp³-hybridized carbons (Fsp3) is 0.0625. The first-order valence-electron chi connectivity index (χ1n) is 12.6. The predicted molar refractivity (Wildman–Crippen MR) is 155 cm³/mol. The van der Waals surface area contributed by atoms with Gasteiger partial charge < -0.3 is 28.6 Å². The van der Waals surface area contributed by atoms with Crippen molar-refractivity contribution in [3.05, 3.63) is 119 Å². The van der Waals surface area contributed by atoms with Gasteiger partial charge in [0.15, 0.2) is 11.2 Å². The molecule has 6 rings (SSSR count). The monoisotopic (exact) mass is 534 g/mol. The van der Waals surface area contributed by atoms with Gasteiger partial charge in [0, 0.05) is 23.3 Å². The number of aromatic nitrogens is 2. The number of carboxylic acids is 1. The number of aromatic amines is 2. The maximum absolute atomic E-state index is 11.7. The smallest absolute Gasteiger partial charge is 0.354 e. The number of carboxylic acid groups (broad SMARTS) is 1. The summed E-state index contributed by atoms with van der Waals surface area (Å²) in [5.74, 6) is -1.37. The van der Waals surface area contributed by atoms with E-state index in [2.05, 4.69) is 9.97 Å². The van der Waals surface area contributed by atoms with Crippen LogP contribution >= 0.6 is 0 Å². The van der Waals surface area contributed by atoms with Gasteiger partial charge in [-0.15, -0.1) is 0 Å². The second-order valence-corrected chi connectivity index (χ2v) is 8.74. The number of rotatable bonds is 7. The summed E-state index contributed by atoms with van der Waals surface area (Å²) in [4.78, 5) is 28.4. The quantitative estimate of drug-likeness (QED) is 0.180. The number of hydrogen-bond donors (Lipinski definition) is 3. The zero-order chi connectivity index (χ0) is 27.9. The molecule has 6 aromatic rings. The molecule has 0 atom stereocenters. The number of carbonyl (C=O) groups excluding carboxylic acids is 1. The fourth-order valence-corrected chi connectivity index (χ4v) is 4.04. The highest BCUT2D eigenvalue weighted by Gasteiger charge is 2.14. The molecule has 0 bridgehead atoms. The minimum Gasteiger partial charge on any atom is -0.477 e. The number of ether oxygens (including phenoxy) is 1. The number of fused-ring (bicyclic) bond motifs is 2. The molecule has 0 amide bonds. The minimum atomic E-state index is -0.996. The SMILES string of the molecule is CCOC(=O)c1cc2occ(/C=C/c3ccccc3)c2[nH]1.O=C(O)c1cc2occ(/C=C/c3ccccc3)c2[nH]1. The molecule has 4 heterocycles. The van der Waals surface area contributed by atoms with Gasteiger partial charge in [-0.2, -0.15) is 0 Å². The van der Waals surface area contributed by atoms with Crippen molar-refractivity contribution in [3.63, 3.8) is 0 Å². The normalized spacial score (nSPS) is 11.3. The molecule has 0 aliphatic rings. The summed E-state index contributed by atoms with van der Waals surface area (Å²) in [6, 6.07) is 23.0. The first-order chi connectivity index (χ1) is 19.5. The Morgan fingerprint density at radius 2 is 1.23 bits per heavy atom. The van der Waals surface area contributed by atoms with E-state index >= 15 is 0 Å². The summed E-state index contributed by atoms with van der Waals surface area (Å²) in [5, 5.41) is 8.91. The van der Waals surface area contributed by atoms with E-state index in [1.165, 1.54) is 6.07 Å². The zero-order valence-electron chi connectivity index (χ0n) is 21.6. The Bertz CT molecular complexity index is 1800. The lowest BCUT2D eigenvalue weighted by molar-refractivity contribution is 0.0520. The Morgan fingerprint density at radius 1 is 0.750 bits per heavy atom. The van der Waals surface area contributed by atoms with Crippen LogP contribution in [0.25, 0.3) is 46.5 Å². The molecule has 200 valence electrons. The summed E-state index contributed by atoms with van der Waals surface area (Å²) in [6.45, 7) is 2.12. The number of H-pyrrole nitrogens is 2. The van der Waals surface area contributed by atoms with Crippen LogP contribution in [-0.4, -0.2) is 33.6 Å². The van der Waals surface area contributed by atoms with Crippen molar-refractivity contribution in [2.24, 2.45) is 0 Å². The number of hydrogen-bond acceptors (Lipinski definition) is 5. The largest absolute Gasteiger partial charge is 0.477 e. The first kappa shape index (κ1) is 26.1. The van der Waals surface area contributed by atoms with Crippen molar-refractivity contribution in [3.8, 4) is 0 Å². The number of carbonyl (C=O) groups is 2. The Kier molecular flexibility index (Phi) is 7.78. The molecule has 0 saturated carbocycles. The van der Waals surface area contributed by atoms with E-state index in [1.54, 1.807) is 25.5 Å². The van der Waals surface area contributed by atoms with E-state index in [0.29, 0.717) is 29.0 Å². The summed E-state index contributed by atoms with van der Waals surface area (Å²) in [5.41, 5.74) is 7.11. The number of aromatic carboxylic acids is 1. The molecule has 3 N–H and O–H groups in total. The summed E-state index contributed by atoms with van der Waals surface area (Å²) < 4.78 is 15.7. The zero-order valence-corrected chi connectivity index (χ0v) is 21.6. The van der Waals surface area contributed by atoms with Crippen LogP contribution in [-0.2, 0) is 4.74 Å². The van der Waals surface area contributed by atoms with Gasteiger partial charge in [-0.25, -0.2) is 9.59 Å².